The molecule has 0 aliphatic heterocycles. The number of esters is 1. The van der Waals surface area contributed by atoms with E-state index in [4.69, 9.17) is 16.2 Å². The van der Waals surface area contributed by atoms with Crippen LogP contribution in [0, 0.1) is 5.92 Å². The summed E-state index contributed by atoms with van der Waals surface area (Å²) in [7, 11) is 0. The second-order valence-electron chi connectivity index (χ2n) is 4.71. The maximum atomic E-state index is 11.7. The van der Waals surface area contributed by atoms with Crippen LogP contribution in [-0.2, 0) is 9.53 Å². The Hall–Kier alpha value is -2.24. The molecular formula is C13H17N3O3. The van der Waals surface area contributed by atoms with E-state index in [-0.39, 0.29) is 18.1 Å². The largest absolute Gasteiger partial charge is 0.452 e. The van der Waals surface area contributed by atoms with E-state index in [0.29, 0.717) is 23.8 Å². The lowest BCUT2D eigenvalue weighted by Gasteiger charge is -2.07. The Labute approximate surface area is 111 Å². The van der Waals surface area contributed by atoms with E-state index in [2.05, 4.69) is 5.32 Å². The zero-order valence-corrected chi connectivity index (χ0v) is 10.5. The molecular weight excluding hydrogens is 246 g/mol. The molecule has 1 aromatic carbocycles. The molecule has 1 aliphatic carbocycles. The molecule has 0 aromatic heterocycles. The highest BCUT2D eigenvalue weighted by Crippen LogP contribution is 2.27. The van der Waals surface area contributed by atoms with Crippen molar-refractivity contribution in [1.82, 2.24) is 5.32 Å². The Morgan fingerprint density at radius 1 is 1.21 bits per heavy atom. The van der Waals surface area contributed by atoms with Gasteiger partial charge in [0.1, 0.15) is 0 Å². The standard InChI is InChI=1S/C13H17N3O3/c14-10-3-9(4-11(15)5-10)13(18)19-7-12(17)16-6-8-1-2-8/h3-5,8H,1-2,6-7,14-15H2,(H,16,17). The van der Waals surface area contributed by atoms with Gasteiger partial charge in [-0.3, -0.25) is 4.79 Å². The molecule has 0 heterocycles. The second kappa shape index (κ2) is 5.60. The fourth-order valence-electron chi connectivity index (χ4n) is 1.64. The number of amides is 1. The van der Waals surface area contributed by atoms with E-state index in [1.807, 2.05) is 0 Å². The van der Waals surface area contributed by atoms with Crippen LogP contribution < -0.4 is 16.8 Å². The fourth-order valence-corrected chi connectivity index (χ4v) is 1.64. The van der Waals surface area contributed by atoms with Gasteiger partial charge >= 0.3 is 5.97 Å². The Morgan fingerprint density at radius 3 is 2.42 bits per heavy atom. The molecule has 0 bridgehead atoms. The highest BCUT2D eigenvalue weighted by Gasteiger charge is 2.21. The van der Waals surface area contributed by atoms with Crippen molar-refractivity contribution < 1.29 is 14.3 Å². The number of carbonyl (C=O) groups is 2. The number of hydrogen-bond acceptors (Lipinski definition) is 5. The van der Waals surface area contributed by atoms with E-state index >= 15 is 0 Å². The molecule has 0 unspecified atom stereocenters. The van der Waals surface area contributed by atoms with Crippen molar-refractivity contribution >= 4 is 23.3 Å². The van der Waals surface area contributed by atoms with Crippen molar-refractivity contribution in [3.05, 3.63) is 23.8 Å². The summed E-state index contributed by atoms with van der Waals surface area (Å²) in [4.78, 5) is 23.1. The highest BCUT2D eigenvalue weighted by molar-refractivity contribution is 5.93. The average molecular weight is 263 g/mol. The van der Waals surface area contributed by atoms with E-state index in [1.165, 1.54) is 12.1 Å². The van der Waals surface area contributed by atoms with E-state index in [9.17, 15) is 9.59 Å². The minimum atomic E-state index is -0.611. The lowest BCUT2D eigenvalue weighted by molar-refractivity contribution is -0.124. The summed E-state index contributed by atoms with van der Waals surface area (Å²) < 4.78 is 4.89. The lowest BCUT2D eigenvalue weighted by atomic mass is 10.2. The van der Waals surface area contributed by atoms with Crippen LogP contribution in [0.4, 0.5) is 11.4 Å². The maximum Gasteiger partial charge on any atom is 0.338 e. The van der Waals surface area contributed by atoms with Crippen LogP contribution in [0.2, 0.25) is 0 Å². The molecule has 1 aliphatic rings. The number of rotatable bonds is 5. The zero-order valence-electron chi connectivity index (χ0n) is 10.5. The molecule has 1 fully saturated rings. The zero-order chi connectivity index (χ0) is 13.8. The van der Waals surface area contributed by atoms with E-state index in [0.717, 1.165) is 12.8 Å². The van der Waals surface area contributed by atoms with Crippen LogP contribution in [0.3, 0.4) is 0 Å². The molecule has 1 amide bonds. The van der Waals surface area contributed by atoms with Crippen molar-refractivity contribution in [2.75, 3.05) is 24.6 Å². The molecule has 102 valence electrons. The number of benzene rings is 1. The second-order valence-corrected chi connectivity index (χ2v) is 4.71. The van der Waals surface area contributed by atoms with Gasteiger partial charge in [0.2, 0.25) is 0 Å². The fraction of sp³-hybridized carbons (Fsp3) is 0.385. The first-order valence-electron chi connectivity index (χ1n) is 6.14. The third-order valence-electron chi connectivity index (χ3n) is 2.83. The van der Waals surface area contributed by atoms with Gasteiger partial charge in [-0.1, -0.05) is 0 Å². The Morgan fingerprint density at radius 2 is 1.84 bits per heavy atom. The number of nitrogens with two attached hydrogens (primary N) is 2. The minimum Gasteiger partial charge on any atom is -0.452 e. The van der Waals surface area contributed by atoms with Gasteiger partial charge in [-0.15, -0.1) is 0 Å². The predicted molar refractivity (Wildman–Crippen MR) is 71.3 cm³/mol. The van der Waals surface area contributed by atoms with Gasteiger partial charge in [-0.2, -0.15) is 0 Å². The van der Waals surface area contributed by atoms with Crippen LogP contribution in [0.25, 0.3) is 0 Å². The molecule has 1 aromatic rings. The van der Waals surface area contributed by atoms with Crippen molar-refractivity contribution in [2.45, 2.75) is 12.8 Å². The van der Waals surface area contributed by atoms with Gasteiger partial charge < -0.3 is 21.5 Å². The van der Waals surface area contributed by atoms with Gasteiger partial charge in [-0.05, 0) is 37.0 Å². The number of hydrogen-bond donors (Lipinski definition) is 3. The van der Waals surface area contributed by atoms with Gasteiger partial charge in [0.25, 0.3) is 5.91 Å². The number of ether oxygens (including phenoxy) is 1. The van der Waals surface area contributed by atoms with Gasteiger partial charge in [0.15, 0.2) is 6.61 Å². The third-order valence-corrected chi connectivity index (χ3v) is 2.83. The first-order chi connectivity index (χ1) is 9.04. The molecule has 0 radical (unpaired) electrons. The van der Waals surface area contributed by atoms with Crippen molar-refractivity contribution in [2.24, 2.45) is 5.92 Å². The molecule has 1 saturated carbocycles. The Balaban J connectivity index is 1.80. The summed E-state index contributed by atoms with van der Waals surface area (Å²) in [5.41, 5.74) is 12.2. The quantitative estimate of drug-likeness (QED) is 0.530. The highest BCUT2D eigenvalue weighted by atomic mass is 16.5. The molecule has 0 atom stereocenters. The topological polar surface area (TPSA) is 107 Å². The Kier molecular flexibility index (Phi) is 3.89. The summed E-state index contributed by atoms with van der Waals surface area (Å²) >= 11 is 0. The molecule has 0 saturated heterocycles. The minimum absolute atomic E-state index is 0.243. The lowest BCUT2D eigenvalue weighted by Crippen LogP contribution is -2.30. The smallest absolute Gasteiger partial charge is 0.338 e. The van der Waals surface area contributed by atoms with Gasteiger partial charge in [-0.25, -0.2) is 4.79 Å². The summed E-state index contributed by atoms with van der Waals surface area (Å²) in [5, 5.41) is 2.71. The molecule has 2 rings (SSSR count). The summed E-state index contributed by atoms with van der Waals surface area (Å²) in [5.74, 6) is -0.314. The SMILES string of the molecule is Nc1cc(N)cc(C(=O)OCC(=O)NCC2CC2)c1. The number of nitrogens with one attached hydrogen (secondary N) is 1. The number of carbonyl (C=O) groups excluding carboxylic acids is 2. The first-order valence-corrected chi connectivity index (χ1v) is 6.14. The Bertz CT molecular complexity index is 478. The summed E-state index contributed by atoms with van der Waals surface area (Å²) in [6.07, 6.45) is 2.31. The molecule has 6 heteroatoms. The normalized spacial score (nSPS) is 13.9. The first kappa shape index (κ1) is 13.2. The number of anilines is 2. The molecule has 19 heavy (non-hydrogen) atoms. The van der Waals surface area contributed by atoms with E-state index < -0.39 is 5.97 Å². The van der Waals surface area contributed by atoms with Crippen LogP contribution in [0.1, 0.15) is 23.2 Å². The third kappa shape index (κ3) is 4.17. The van der Waals surface area contributed by atoms with Crippen molar-refractivity contribution in [3.8, 4) is 0 Å². The molecule has 5 N–H and O–H groups in total. The van der Waals surface area contributed by atoms with E-state index in [1.54, 1.807) is 6.07 Å². The van der Waals surface area contributed by atoms with Crippen LogP contribution in [-0.4, -0.2) is 25.0 Å². The molecule has 6 nitrogen and oxygen atoms in total. The van der Waals surface area contributed by atoms with Crippen molar-refractivity contribution in [3.63, 3.8) is 0 Å². The maximum absolute atomic E-state index is 11.7. The summed E-state index contributed by atoms with van der Waals surface area (Å²) in [6, 6.07) is 4.46. The van der Waals surface area contributed by atoms with Crippen LogP contribution >= 0.6 is 0 Å². The summed E-state index contributed by atoms with van der Waals surface area (Å²) in [6.45, 7) is 0.363. The average Bonchev–Trinajstić information content (AvgIpc) is 3.16. The van der Waals surface area contributed by atoms with Gasteiger partial charge in [0, 0.05) is 17.9 Å². The predicted octanol–water partition coefficient (Wildman–Crippen LogP) is 0.534. The van der Waals surface area contributed by atoms with Crippen LogP contribution in [0.5, 0.6) is 0 Å². The monoisotopic (exact) mass is 263 g/mol. The van der Waals surface area contributed by atoms with Crippen molar-refractivity contribution in [1.29, 1.82) is 0 Å². The number of nitrogen functional groups attached to an aromatic ring is 2. The van der Waals surface area contributed by atoms with Crippen LogP contribution in [0.15, 0.2) is 18.2 Å². The van der Waals surface area contributed by atoms with Gasteiger partial charge in [0.05, 0.1) is 5.56 Å². The molecule has 0 spiro atoms.